The largest absolute Gasteiger partial charge is 0.323 e. The maximum atomic E-state index is 11.9. The molecule has 0 fully saturated rings. The second-order valence-electron chi connectivity index (χ2n) is 4.84. The normalized spacial score (nSPS) is 13.5. The summed E-state index contributed by atoms with van der Waals surface area (Å²) in [7, 11) is -3.04. The van der Waals surface area contributed by atoms with E-state index in [1.807, 2.05) is 31.2 Å². The van der Waals surface area contributed by atoms with Crippen LogP contribution in [0.3, 0.4) is 0 Å². The average Bonchev–Trinajstić information content (AvgIpc) is 2.28. The van der Waals surface area contributed by atoms with Gasteiger partial charge in [0.25, 0.3) is 0 Å². The van der Waals surface area contributed by atoms with E-state index in [0.29, 0.717) is 0 Å². The first-order chi connectivity index (χ1) is 8.44. The van der Waals surface area contributed by atoms with Crippen molar-refractivity contribution in [1.82, 2.24) is 0 Å². The van der Waals surface area contributed by atoms with Gasteiger partial charge in [0.1, 0.15) is 0 Å². The maximum absolute atomic E-state index is 11.9. The van der Waals surface area contributed by atoms with Crippen LogP contribution in [0.4, 0.5) is 0 Å². The molecule has 0 aliphatic heterocycles. The highest BCUT2D eigenvalue weighted by molar-refractivity contribution is 7.91. The summed E-state index contributed by atoms with van der Waals surface area (Å²) >= 11 is 0. The summed E-state index contributed by atoms with van der Waals surface area (Å²) < 4.78 is 23.8. The molecule has 1 atom stereocenters. The molecular weight excluding hydrogens is 246 g/mol. The van der Waals surface area contributed by atoms with Gasteiger partial charge in [-0.3, -0.25) is 0 Å². The molecule has 18 heavy (non-hydrogen) atoms. The van der Waals surface area contributed by atoms with Crippen LogP contribution in [0.15, 0.2) is 24.3 Å². The Morgan fingerprint density at radius 2 is 2.00 bits per heavy atom. The fourth-order valence-electron chi connectivity index (χ4n) is 1.93. The van der Waals surface area contributed by atoms with Gasteiger partial charge < -0.3 is 5.73 Å². The SMILES string of the molecule is CCCCCS(=O)(=O)CC(N)c1cccc(C)c1. The van der Waals surface area contributed by atoms with Gasteiger partial charge in [0.05, 0.1) is 11.5 Å². The van der Waals surface area contributed by atoms with Crippen molar-refractivity contribution >= 4 is 9.84 Å². The summed E-state index contributed by atoms with van der Waals surface area (Å²) in [6.45, 7) is 4.04. The smallest absolute Gasteiger partial charge is 0.152 e. The van der Waals surface area contributed by atoms with Crippen LogP contribution in [0.1, 0.15) is 43.4 Å². The average molecular weight is 269 g/mol. The molecule has 3 nitrogen and oxygen atoms in total. The number of sulfone groups is 1. The molecule has 0 amide bonds. The first-order valence-corrected chi connectivity index (χ1v) is 8.29. The molecule has 4 heteroatoms. The van der Waals surface area contributed by atoms with E-state index in [4.69, 9.17) is 5.73 Å². The van der Waals surface area contributed by atoms with Gasteiger partial charge in [-0.15, -0.1) is 0 Å². The van der Waals surface area contributed by atoms with E-state index in [9.17, 15) is 8.42 Å². The molecule has 0 saturated heterocycles. The van der Waals surface area contributed by atoms with Gasteiger partial charge in [-0.05, 0) is 18.9 Å². The lowest BCUT2D eigenvalue weighted by atomic mass is 10.1. The standard InChI is InChI=1S/C14H23NO2S/c1-3-4-5-9-18(16,17)11-14(15)13-8-6-7-12(2)10-13/h6-8,10,14H,3-5,9,11,15H2,1-2H3. The Morgan fingerprint density at radius 3 is 2.61 bits per heavy atom. The zero-order chi connectivity index (χ0) is 13.6. The van der Waals surface area contributed by atoms with Crippen LogP contribution in [0.5, 0.6) is 0 Å². The van der Waals surface area contributed by atoms with E-state index < -0.39 is 15.9 Å². The highest BCUT2D eigenvalue weighted by atomic mass is 32.2. The van der Waals surface area contributed by atoms with Crippen molar-refractivity contribution in [3.05, 3.63) is 35.4 Å². The van der Waals surface area contributed by atoms with Gasteiger partial charge in [-0.25, -0.2) is 8.42 Å². The van der Waals surface area contributed by atoms with Crippen LogP contribution < -0.4 is 5.73 Å². The number of nitrogens with two attached hydrogens (primary N) is 1. The summed E-state index contributed by atoms with van der Waals surface area (Å²) in [6.07, 6.45) is 2.72. The number of hydrogen-bond donors (Lipinski definition) is 1. The van der Waals surface area contributed by atoms with Crippen LogP contribution in [-0.4, -0.2) is 19.9 Å². The Kier molecular flexibility index (Phi) is 5.82. The van der Waals surface area contributed by atoms with E-state index in [2.05, 4.69) is 6.92 Å². The van der Waals surface area contributed by atoms with Crippen LogP contribution in [0, 0.1) is 6.92 Å². The predicted octanol–water partition coefficient (Wildman–Crippen LogP) is 2.60. The molecule has 0 aliphatic carbocycles. The molecule has 1 aromatic rings. The monoisotopic (exact) mass is 269 g/mol. The molecule has 0 aliphatic rings. The van der Waals surface area contributed by atoms with Gasteiger partial charge in [-0.1, -0.05) is 49.6 Å². The van der Waals surface area contributed by atoms with Crippen LogP contribution in [0.2, 0.25) is 0 Å². The van der Waals surface area contributed by atoms with Crippen LogP contribution in [-0.2, 0) is 9.84 Å². The van der Waals surface area contributed by atoms with Crippen LogP contribution in [0.25, 0.3) is 0 Å². The summed E-state index contributed by atoms with van der Waals surface area (Å²) in [5, 5.41) is 0. The third-order valence-corrected chi connectivity index (χ3v) is 4.74. The van der Waals surface area contributed by atoms with Crippen molar-refractivity contribution in [3.63, 3.8) is 0 Å². The minimum absolute atomic E-state index is 0.0418. The molecule has 102 valence electrons. The van der Waals surface area contributed by atoms with E-state index in [1.165, 1.54) is 0 Å². The number of hydrogen-bond acceptors (Lipinski definition) is 3. The molecule has 1 rings (SSSR count). The highest BCUT2D eigenvalue weighted by Gasteiger charge is 2.17. The molecule has 0 bridgehead atoms. The fourth-order valence-corrected chi connectivity index (χ4v) is 3.48. The lowest BCUT2D eigenvalue weighted by molar-refractivity contribution is 0.584. The lowest BCUT2D eigenvalue weighted by Crippen LogP contribution is -2.23. The van der Waals surface area contributed by atoms with Gasteiger partial charge in [0, 0.05) is 6.04 Å². The summed E-state index contributed by atoms with van der Waals surface area (Å²) in [6, 6.07) is 7.31. The Labute approximate surface area is 110 Å². The Hall–Kier alpha value is -0.870. The van der Waals surface area contributed by atoms with Crippen molar-refractivity contribution in [2.45, 2.75) is 39.2 Å². The Morgan fingerprint density at radius 1 is 1.28 bits per heavy atom. The molecule has 0 radical (unpaired) electrons. The number of benzene rings is 1. The van der Waals surface area contributed by atoms with E-state index in [0.717, 1.165) is 30.4 Å². The quantitative estimate of drug-likeness (QED) is 0.774. The topological polar surface area (TPSA) is 60.2 Å². The Bertz CT molecular complexity index is 468. The first kappa shape index (κ1) is 15.2. The number of rotatable bonds is 7. The second-order valence-corrected chi connectivity index (χ2v) is 7.07. The number of aryl methyl sites for hydroxylation is 1. The predicted molar refractivity (Wildman–Crippen MR) is 76.3 cm³/mol. The minimum Gasteiger partial charge on any atom is -0.323 e. The highest BCUT2D eigenvalue weighted by Crippen LogP contribution is 2.15. The summed E-state index contributed by atoms with van der Waals surface area (Å²) in [5.41, 5.74) is 7.98. The van der Waals surface area contributed by atoms with Crippen molar-refractivity contribution in [2.75, 3.05) is 11.5 Å². The lowest BCUT2D eigenvalue weighted by Gasteiger charge is -2.13. The number of unbranched alkanes of at least 4 members (excludes halogenated alkanes) is 2. The zero-order valence-corrected chi connectivity index (χ0v) is 12.0. The summed E-state index contributed by atoms with van der Waals surface area (Å²) in [5.74, 6) is 0.292. The van der Waals surface area contributed by atoms with E-state index in [-0.39, 0.29) is 11.5 Å². The minimum atomic E-state index is -3.04. The summed E-state index contributed by atoms with van der Waals surface area (Å²) in [4.78, 5) is 0. The molecule has 0 aromatic heterocycles. The molecule has 2 N–H and O–H groups in total. The van der Waals surface area contributed by atoms with Crippen molar-refractivity contribution < 1.29 is 8.42 Å². The van der Waals surface area contributed by atoms with Gasteiger partial charge >= 0.3 is 0 Å². The van der Waals surface area contributed by atoms with E-state index in [1.54, 1.807) is 0 Å². The van der Waals surface area contributed by atoms with Crippen molar-refractivity contribution in [3.8, 4) is 0 Å². The van der Waals surface area contributed by atoms with Gasteiger partial charge in [-0.2, -0.15) is 0 Å². The molecule has 0 spiro atoms. The molecule has 1 aromatic carbocycles. The van der Waals surface area contributed by atoms with Gasteiger partial charge in [0.2, 0.25) is 0 Å². The Balaban J connectivity index is 2.61. The second kappa shape index (κ2) is 6.90. The first-order valence-electron chi connectivity index (χ1n) is 6.47. The molecule has 0 heterocycles. The third kappa shape index (κ3) is 5.19. The van der Waals surface area contributed by atoms with Gasteiger partial charge in [0.15, 0.2) is 9.84 Å². The zero-order valence-electron chi connectivity index (χ0n) is 11.2. The molecule has 1 unspecified atom stereocenters. The van der Waals surface area contributed by atoms with E-state index >= 15 is 0 Å². The molecular formula is C14H23NO2S. The third-order valence-electron chi connectivity index (χ3n) is 2.96. The van der Waals surface area contributed by atoms with Crippen molar-refractivity contribution in [2.24, 2.45) is 5.73 Å². The van der Waals surface area contributed by atoms with Crippen LogP contribution >= 0.6 is 0 Å². The molecule has 0 saturated carbocycles. The van der Waals surface area contributed by atoms with Crippen molar-refractivity contribution in [1.29, 1.82) is 0 Å². The maximum Gasteiger partial charge on any atom is 0.152 e. The fraction of sp³-hybridized carbons (Fsp3) is 0.571.